The average molecular weight is 305 g/mol. The van der Waals surface area contributed by atoms with Crippen molar-refractivity contribution in [2.24, 2.45) is 0 Å². The second-order valence-electron chi connectivity index (χ2n) is 5.23. The number of rotatable bonds is 6. The predicted octanol–water partition coefficient (Wildman–Crippen LogP) is 4.49. The molecule has 0 saturated carbocycles. The maximum absolute atomic E-state index is 6.14. The van der Waals surface area contributed by atoms with Crippen LogP contribution in [-0.2, 0) is 6.42 Å². The Kier molecular flexibility index (Phi) is 5.45. The molecule has 0 saturated heterocycles. The topological polar surface area (TPSA) is 34.1 Å². The highest BCUT2D eigenvalue weighted by molar-refractivity contribution is 6.32. The van der Waals surface area contributed by atoms with E-state index in [0.717, 1.165) is 29.8 Å². The lowest BCUT2D eigenvalue weighted by Crippen LogP contribution is -2.17. The minimum Gasteiger partial charge on any atom is -0.497 e. The van der Waals surface area contributed by atoms with Crippen LogP contribution in [0.25, 0.3) is 0 Å². The minimum absolute atomic E-state index is 0.326. The van der Waals surface area contributed by atoms with Gasteiger partial charge in [0.15, 0.2) is 5.15 Å². The normalized spacial score (nSPS) is 12.0. The van der Waals surface area contributed by atoms with Gasteiger partial charge in [-0.2, -0.15) is 0 Å². The second kappa shape index (κ2) is 7.32. The van der Waals surface area contributed by atoms with Crippen LogP contribution in [0.3, 0.4) is 0 Å². The number of benzene rings is 1. The number of pyridine rings is 1. The van der Waals surface area contributed by atoms with E-state index in [1.54, 1.807) is 13.3 Å². The molecule has 1 heterocycles. The molecule has 0 fully saturated rings. The molecule has 2 rings (SSSR count). The van der Waals surface area contributed by atoms with E-state index in [9.17, 15) is 0 Å². The molecule has 21 heavy (non-hydrogen) atoms. The van der Waals surface area contributed by atoms with Crippen LogP contribution in [0, 0.1) is 6.92 Å². The van der Waals surface area contributed by atoms with Crippen LogP contribution in [-0.4, -0.2) is 18.1 Å². The van der Waals surface area contributed by atoms with E-state index < -0.39 is 0 Å². The minimum atomic E-state index is 0.326. The van der Waals surface area contributed by atoms with Gasteiger partial charge in [-0.05, 0) is 56.0 Å². The fraction of sp³-hybridized carbons (Fsp3) is 0.353. The summed E-state index contributed by atoms with van der Waals surface area (Å²) in [5, 5.41) is 3.99. The molecule has 1 aromatic heterocycles. The van der Waals surface area contributed by atoms with Gasteiger partial charge in [-0.15, -0.1) is 0 Å². The monoisotopic (exact) mass is 304 g/mol. The first-order valence-corrected chi connectivity index (χ1v) is 7.48. The highest BCUT2D eigenvalue weighted by Gasteiger charge is 2.09. The number of hydrogen-bond acceptors (Lipinski definition) is 3. The molecular formula is C17H21ClN2O. The molecule has 112 valence electrons. The Morgan fingerprint density at radius 3 is 2.57 bits per heavy atom. The number of ether oxygens (including phenoxy) is 1. The molecule has 3 nitrogen and oxygen atoms in total. The second-order valence-corrected chi connectivity index (χ2v) is 5.58. The van der Waals surface area contributed by atoms with Crippen molar-refractivity contribution in [2.45, 2.75) is 32.7 Å². The molecule has 0 aliphatic carbocycles. The lowest BCUT2D eigenvalue weighted by atomic mass is 10.1. The molecule has 1 aromatic carbocycles. The van der Waals surface area contributed by atoms with Gasteiger partial charge in [0.2, 0.25) is 0 Å². The van der Waals surface area contributed by atoms with E-state index in [0.29, 0.717) is 11.2 Å². The van der Waals surface area contributed by atoms with Crippen LogP contribution >= 0.6 is 11.6 Å². The standard InChI is InChI=1S/C17H21ClN2O/c1-12-10-11-19-17(18)16(12)20-13(2)4-5-14-6-8-15(21-3)9-7-14/h6-11,13,20H,4-5H2,1-3H3. The van der Waals surface area contributed by atoms with Crippen LogP contribution in [0.5, 0.6) is 5.75 Å². The molecule has 0 radical (unpaired) electrons. The Balaban J connectivity index is 1.91. The molecule has 1 atom stereocenters. The highest BCUT2D eigenvalue weighted by Crippen LogP contribution is 2.24. The van der Waals surface area contributed by atoms with Crippen molar-refractivity contribution < 1.29 is 4.74 Å². The Morgan fingerprint density at radius 2 is 1.95 bits per heavy atom. The number of aryl methyl sites for hydroxylation is 2. The van der Waals surface area contributed by atoms with Gasteiger partial charge in [-0.1, -0.05) is 23.7 Å². The van der Waals surface area contributed by atoms with Crippen molar-refractivity contribution in [1.29, 1.82) is 0 Å². The molecular weight excluding hydrogens is 284 g/mol. The third-order valence-electron chi connectivity index (χ3n) is 3.53. The van der Waals surface area contributed by atoms with Gasteiger partial charge in [0.05, 0.1) is 12.8 Å². The Hall–Kier alpha value is -1.74. The maximum atomic E-state index is 6.14. The van der Waals surface area contributed by atoms with Crippen LogP contribution < -0.4 is 10.1 Å². The number of halogens is 1. The number of methoxy groups -OCH3 is 1. The molecule has 0 amide bonds. The van der Waals surface area contributed by atoms with Crippen molar-refractivity contribution in [3.05, 3.63) is 52.8 Å². The van der Waals surface area contributed by atoms with E-state index in [2.05, 4.69) is 29.4 Å². The van der Waals surface area contributed by atoms with Crippen molar-refractivity contribution in [2.75, 3.05) is 12.4 Å². The fourth-order valence-corrected chi connectivity index (χ4v) is 2.45. The van der Waals surface area contributed by atoms with Gasteiger partial charge in [-0.3, -0.25) is 0 Å². The van der Waals surface area contributed by atoms with E-state index in [-0.39, 0.29) is 0 Å². The summed E-state index contributed by atoms with van der Waals surface area (Å²) in [6, 6.07) is 10.5. The fourth-order valence-electron chi connectivity index (χ4n) is 2.19. The Bertz CT molecular complexity index is 564. The molecule has 4 heteroatoms. The number of aromatic nitrogens is 1. The molecule has 0 spiro atoms. The quantitative estimate of drug-likeness (QED) is 0.799. The Morgan fingerprint density at radius 1 is 1.24 bits per heavy atom. The first kappa shape index (κ1) is 15.6. The zero-order valence-electron chi connectivity index (χ0n) is 12.7. The summed E-state index contributed by atoms with van der Waals surface area (Å²) in [7, 11) is 1.68. The van der Waals surface area contributed by atoms with E-state index in [1.807, 2.05) is 25.1 Å². The number of hydrogen-bond donors (Lipinski definition) is 1. The molecule has 1 N–H and O–H groups in total. The molecule has 0 bridgehead atoms. The zero-order chi connectivity index (χ0) is 15.2. The SMILES string of the molecule is COc1ccc(CCC(C)Nc2c(C)ccnc2Cl)cc1. The summed E-state index contributed by atoms with van der Waals surface area (Å²) < 4.78 is 5.17. The number of nitrogens with zero attached hydrogens (tertiary/aromatic N) is 1. The lowest BCUT2D eigenvalue weighted by Gasteiger charge is -2.17. The maximum Gasteiger partial charge on any atom is 0.152 e. The summed E-state index contributed by atoms with van der Waals surface area (Å²) in [6.07, 6.45) is 3.76. The van der Waals surface area contributed by atoms with E-state index >= 15 is 0 Å². The van der Waals surface area contributed by atoms with E-state index in [4.69, 9.17) is 16.3 Å². The van der Waals surface area contributed by atoms with Crippen molar-refractivity contribution in [3.63, 3.8) is 0 Å². The summed E-state index contributed by atoms with van der Waals surface area (Å²) in [5.74, 6) is 0.891. The third-order valence-corrected chi connectivity index (χ3v) is 3.82. The van der Waals surface area contributed by atoms with Gasteiger partial charge < -0.3 is 10.1 Å². The van der Waals surface area contributed by atoms with Crippen LogP contribution in [0.15, 0.2) is 36.5 Å². The summed E-state index contributed by atoms with van der Waals surface area (Å²) in [6.45, 7) is 4.19. The average Bonchev–Trinajstić information content (AvgIpc) is 2.49. The van der Waals surface area contributed by atoms with Crippen molar-refractivity contribution >= 4 is 17.3 Å². The zero-order valence-corrected chi connectivity index (χ0v) is 13.4. The molecule has 0 aliphatic heterocycles. The molecule has 2 aromatic rings. The van der Waals surface area contributed by atoms with Gasteiger partial charge in [0.25, 0.3) is 0 Å². The smallest absolute Gasteiger partial charge is 0.152 e. The lowest BCUT2D eigenvalue weighted by molar-refractivity contribution is 0.414. The van der Waals surface area contributed by atoms with E-state index in [1.165, 1.54) is 5.56 Å². The van der Waals surface area contributed by atoms with Gasteiger partial charge in [0.1, 0.15) is 5.75 Å². The summed E-state index contributed by atoms with van der Waals surface area (Å²) in [5.41, 5.74) is 3.35. The largest absolute Gasteiger partial charge is 0.497 e. The van der Waals surface area contributed by atoms with Gasteiger partial charge >= 0.3 is 0 Å². The first-order chi connectivity index (χ1) is 10.1. The van der Waals surface area contributed by atoms with Crippen molar-refractivity contribution in [3.8, 4) is 5.75 Å². The van der Waals surface area contributed by atoms with Crippen LogP contribution in [0.2, 0.25) is 5.15 Å². The molecule has 1 unspecified atom stereocenters. The van der Waals surface area contributed by atoms with Gasteiger partial charge in [0, 0.05) is 12.2 Å². The number of anilines is 1. The Labute approximate surface area is 131 Å². The highest BCUT2D eigenvalue weighted by atomic mass is 35.5. The van der Waals surface area contributed by atoms with Crippen LogP contribution in [0.4, 0.5) is 5.69 Å². The summed E-state index contributed by atoms with van der Waals surface area (Å²) in [4.78, 5) is 4.12. The van der Waals surface area contributed by atoms with Crippen molar-refractivity contribution in [1.82, 2.24) is 4.98 Å². The first-order valence-electron chi connectivity index (χ1n) is 7.10. The van der Waals surface area contributed by atoms with Crippen LogP contribution in [0.1, 0.15) is 24.5 Å². The molecule has 0 aliphatic rings. The van der Waals surface area contributed by atoms with Gasteiger partial charge in [-0.25, -0.2) is 4.98 Å². The predicted molar refractivity (Wildman–Crippen MR) is 88.4 cm³/mol. The summed E-state index contributed by atoms with van der Waals surface area (Å²) >= 11 is 6.14. The number of nitrogens with one attached hydrogen (secondary N) is 1. The third kappa shape index (κ3) is 4.36.